The summed E-state index contributed by atoms with van der Waals surface area (Å²) in [7, 11) is 0. The Morgan fingerprint density at radius 3 is 1.24 bits per heavy atom. The molecule has 0 aliphatic heterocycles. The number of hydrogen-bond acceptors (Lipinski definition) is 1. The summed E-state index contributed by atoms with van der Waals surface area (Å²) < 4.78 is 6.87. The smallest absolute Gasteiger partial charge is 0.0654 e. The summed E-state index contributed by atoms with van der Waals surface area (Å²) in [5.74, 6) is 0. The molecule has 0 atom stereocenters. The molecule has 1 rings (SSSR count). The van der Waals surface area contributed by atoms with Crippen LogP contribution in [0.15, 0.2) is 6.07 Å². The van der Waals surface area contributed by atoms with Crippen LogP contribution in [0.5, 0.6) is 0 Å². The van der Waals surface area contributed by atoms with Gasteiger partial charge < -0.3 is 0 Å². The SMILES string of the molecule is CCCCCCCCCCc1c[c]([Sn]([CH2]CCC)([CH2]CCC)[CH2]CCC)sc1CCCCCCCCCC. The zero-order chi connectivity index (χ0) is 27.7. The zero-order valence-corrected chi connectivity index (χ0v) is 30.7. The van der Waals surface area contributed by atoms with Crippen LogP contribution in [0.2, 0.25) is 13.3 Å². The molecule has 0 saturated carbocycles. The second kappa shape index (κ2) is 25.2. The van der Waals surface area contributed by atoms with Crippen LogP contribution in [-0.4, -0.2) is 18.4 Å². The fourth-order valence-corrected chi connectivity index (χ4v) is 26.9. The van der Waals surface area contributed by atoms with Gasteiger partial charge in [0.05, 0.1) is 0 Å². The molecule has 0 fully saturated rings. The minimum Gasteiger partial charge on any atom is -0.0654 e. The van der Waals surface area contributed by atoms with E-state index in [9.17, 15) is 0 Å². The Labute approximate surface area is 249 Å². The third kappa shape index (κ3) is 16.1. The molecule has 0 aliphatic carbocycles. The molecule has 1 heterocycles. The molecule has 0 saturated heterocycles. The van der Waals surface area contributed by atoms with Crippen LogP contribution >= 0.6 is 11.3 Å². The van der Waals surface area contributed by atoms with Gasteiger partial charge in [-0.25, -0.2) is 0 Å². The molecular weight excluding hydrogens is 583 g/mol. The van der Waals surface area contributed by atoms with Crippen molar-refractivity contribution in [1.82, 2.24) is 0 Å². The van der Waals surface area contributed by atoms with Crippen molar-refractivity contribution in [2.75, 3.05) is 0 Å². The molecule has 1 aromatic heterocycles. The quantitative estimate of drug-likeness (QED) is 0.0624. The Hall–Kier alpha value is 0.499. The summed E-state index contributed by atoms with van der Waals surface area (Å²) in [6.07, 6.45) is 34.4. The van der Waals surface area contributed by atoms with Crippen molar-refractivity contribution in [2.24, 2.45) is 0 Å². The van der Waals surface area contributed by atoms with Gasteiger partial charge >= 0.3 is 237 Å². The Morgan fingerprint density at radius 2 is 0.816 bits per heavy atom. The topological polar surface area (TPSA) is 0 Å². The zero-order valence-electron chi connectivity index (χ0n) is 27.1. The van der Waals surface area contributed by atoms with E-state index in [4.69, 9.17) is 0 Å². The number of hydrogen-bond donors (Lipinski definition) is 0. The van der Waals surface area contributed by atoms with Crippen LogP contribution < -0.4 is 2.89 Å². The average Bonchev–Trinajstić information content (AvgIpc) is 3.34. The molecule has 0 aliphatic rings. The van der Waals surface area contributed by atoms with Gasteiger partial charge in [0.15, 0.2) is 0 Å². The van der Waals surface area contributed by atoms with E-state index in [0.717, 1.165) is 0 Å². The van der Waals surface area contributed by atoms with Gasteiger partial charge in [0.2, 0.25) is 0 Å². The first-order chi connectivity index (χ1) is 18.7. The normalized spacial score (nSPS) is 12.0. The monoisotopic (exact) mass is 654 g/mol. The van der Waals surface area contributed by atoms with Crippen LogP contribution in [0, 0.1) is 0 Å². The molecule has 0 spiro atoms. The van der Waals surface area contributed by atoms with E-state index in [1.54, 1.807) is 13.3 Å². The van der Waals surface area contributed by atoms with Crippen LogP contribution in [-0.2, 0) is 12.8 Å². The average molecular weight is 654 g/mol. The van der Waals surface area contributed by atoms with Crippen molar-refractivity contribution in [2.45, 2.75) is 202 Å². The summed E-state index contributed by atoms with van der Waals surface area (Å²) >= 11 is 0.0540. The standard InChI is InChI=1S/C24H43S.3C4H9.Sn/c1-3-5-7-9-11-13-15-17-19-23-21-22-25-24(23)20-18-16-14-12-10-8-6-4-2;3*1-3-4-2;/h21H,3-20H2,1-2H3;3*1,3-4H2,2H3;. The van der Waals surface area contributed by atoms with Gasteiger partial charge in [-0.3, -0.25) is 0 Å². The molecule has 2 heteroatoms. The summed E-state index contributed by atoms with van der Waals surface area (Å²) in [5.41, 5.74) is 1.81. The molecule has 0 nitrogen and oxygen atoms in total. The third-order valence-corrected chi connectivity index (χ3v) is 28.5. The molecule has 0 amide bonds. The molecule has 38 heavy (non-hydrogen) atoms. The fraction of sp³-hybridized carbons (Fsp3) is 0.889. The van der Waals surface area contributed by atoms with E-state index < -0.39 is 18.4 Å². The molecule has 0 aromatic carbocycles. The Bertz CT molecular complexity index is 574. The van der Waals surface area contributed by atoms with Crippen molar-refractivity contribution >= 4 is 32.6 Å². The predicted molar refractivity (Wildman–Crippen MR) is 181 cm³/mol. The maximum atomic E-state index is 2.85. The number of unbranched alkanes of at least 4 members (excludes halogenated alkanes) is 17. The summed E-state index contributed by atoms with van der Waals surface area (Å²) in [6, 6.07) is 2.85. The van der Waals surface area contributed by atoms with E-state index in [1.807, 2.05) is 13.3 Å². The van der Waals surface area contributed by atoms with E-state index >= 15 is 0 Å². The second-order valence-corrected chi connectivity index (χ2v) is 27.9. The van der Waals surface area contributed by atoms with Crippen molar-refractivity contribution in [3.05, 3.63) is 16.5 Å². The molecule has 0 bridgehead atoms. The van der Waals surface area contributed by atoms with Crippen LogP contribution in [0.25, 0.3) is 0 Å². The number of rotatable bonds is 28. The molecule has 224 valence electrons. The minimum absolute atomic E-state index is 1.36. The van der Waals surface area contributed by atoms with Crippen LogP contribution in [0.3, 0.4) is 0 Å². The first-order valence-electron chi connectivity index (χ1n) is 17.8. The molecule has 0 N–H and O–H groups in total. The van der Waals surface area contributed by atoms with Gasteiger partial charge in [0.1, 0.15) is 0 Å². The molecular formula is C36H70SSn. The minimum atomic E-state index is -2.31. The van der Waals surface area contributed by atoms with Gasteiger partial charge in [-0.1, -0.05) is 13.8 Å². The van der Waals surface area contributed by atoms with Gasteiger partial charge in [0.25, 0.3) is 0 Å². The van der Waals surface area contributed by atoms with E-state index in [2.05, 4.69) is 52.0 Å². The van der Waals surface area contributed by atoms with E-state index in [0.29, 0.717) is 0 Å². The van der Waals surface area contributed by atoms with Crippen molar-refractivity contribution < 1.29 is 0 Å². The molecule has 0 radical (unpaired) electrons. The van der Waals surface area contributed by atoms with Crippen LogP contribution in [0.4, 0.5) is 0 Å². The number of thiophene rings is 1. The van der Waals surface area contributed by atoms with Gasteiger partial charge in [-0.15, -0.1) is 0 Å². The van der Waals surface area contributed by atoms with E-state index in [-0.39, 0.29) is 0 Å². The molecule has 0 unspecified atom stereocenters. The van der Waals surface area contributed by atoms with Crippen molar-refractivity contribution in [1.29, 1.82) is 0 Å². The summed E-state index contributed by atoms with van der Waals surface area (Å²) in [5, 5.41) is 0. The van der Waals surface area contributed by atoms with Gasteiger partial charge in [-0.05, 0) is 0 Å². The first-order valence-corrected chi connectivity index (χ1v) is 26.1. The predicted octanol–water partition coefficient (Wildman–Crippen LogP) is 13.2. The van der Waals surface area contributed by atoms with Crippen molar-refractivity contribution in [3.8, 4) is 0 Å². The number of aryl methyl sites for hydroxylation is 2. The molecule has 1 aromatic rings. The van der Waals surface area contributed by atoms with Crippen LogP contribution in [0.1, 0.15) is 186 Å². The van der Waals surface area contributed by atoms with Gasteiger partial charge in [-0.2, -0.15) is 0 Å². The third-order valence-electron chi connectivity index (χ3n) is 9.00. The summed E-state index contributed by atoms with van der Waals surface area (Å²) in [6.45, 7) is 11.9. The Kier molecular flexibility index (Phi) is 24.2. The first kappa shape index (κ1) is 36.5. The summed E-state index contributed by atoms with van der Waals surface area (Å²) in [4.78, 5) is 1.83. The van der Waals surface area contributed by atoms with Crippen molar-refractivity contribution in [3.63, 3.8) is 0 Å². The van der Waals surface area contributed by atoms with Gasteiger partial charge in [0, 0.05) is 0 Å². The van der Waals surface area contributed by atoms with E-state index in [1.165, 1.54) is 154 Å². The fourth-order valence-electron chi connectivity index (χ4n) is 6.31. The Morgan fingerprint density at radius 1 is 0.447 bits per heavy atom. The maximum absolute atomic E-state index is 2.85. The Balaban J connectivity index is 2.88. The second-order valence-electron chi connectivity index (χ2n) is 12.6.